The van der Waals surface area contributed by atoms with Crippen LogP contribution in [0.5, 0.6) is 11.5 Å². The number of methoxy groups -OCH3 is 2. The van der Waals surface area contributed by atoms with E-state index < -0.39 is 0 Å². The summed E-state index contributed by atoms with van der Waals surface area (Å²) in [5, 5.41) is 2.92. The van der Waals surface area contributed by atoms with Crippen LogP contribution in [0.4, 0.5) is 11.4 Å². The van der Waals surface area contributed by atoms with Gasteiger partial charge in [-0.1, -0.05) is 22.9 Å². The molecule has 5 nitrogen and oxygen atoms in total. The lowest BCUT2D eigenvalue weighted by Gasteiger charge is -2.08. The maximum atomic E-state index is 12.4. The van der Waals surface area contributed by atoms with Crippen molar-refractivity contribution < 1.29 is 14.3 Å². The molecule has 6 heteroatoms. The van der Waals surface area contributed by atoms with E-state index in [2.05, 4.69) is 33.2 Å². The molecule has 124 valence electrons. The number of hydrogen-bond acceptors (Lipinski definition) is 4. The number of aliphatic imine (C=N–C) groups is 1. The monoisotopic (exact) mass is 388 g/mol. The predicted molar refractivity (Wildman–Crippen MR) is 97.9 cm³/mol. The highest BCUT2D eigenvalue weighted by atomic mass is 79.9. The number of hydrogen-bond donors (Lipinski definition) is 1. The van der Waals surface area contributed by atoms with Gasteiger partial charge in [0.1, 0.15) is 22.9 Å². The van der Waals surface area contributed by atoms with Crippen molar-refractivity contribution in [2.24, 2.45) is 4.99 Å². The molecule has 1 N–H and O–H groups in total. The largest absolute Gasteiger partial charge is 0.497 e. The van der Waals surface area contributed by atoms with E-state index in [-0.39, 0.29) is 5.91 Å². The molecule has 1 heterocycles. The van der Waals surface area contributed by atoms with Crippen LogP contribution >= 0.6 is 15.9 Å². The van der Waals surface area contributed by atoms with E-state index in [0.29, 0.717) is 22.9 Å². The SMILES string of the molecule is CCc1cc(Br)cc2c1NC(=O)C2=Nc1cc(OC)ccc1OC. The smallest absolute Gasteiger partial charge is 0.275 e. The molecular weight excluding hydrogens is 372 g/mol. The second-order valence-electron chi connectivity index (χ2n) is 5.29. The van der Waals surface area contributed by atoms with Gasteiger partial charge in [0.15, 0.2) is 0 Å². The zero-order chi connectivity index (χ0) is 17.3. The first-order valence-corrected chi connectivity index (χ1v) is 8.31. The number of halogens is 1. The summed E-state index contributed by atoms with van der Waals surface area (Å²) < 4.78 is 11.5. The summed E-state index contributed by atoms with van der Waals surface area (Å²) in [4.78, 5) is 17.0. The van der Waals surface area contributed by atoms with Crippen LogP contribution in [0, 0.1) is 0 Å². The second-order valence-corrected chi connectivity index (χ2v) is 6.21. The Balaban J connectivity index is 2.17. The van der Waals surface area contributed by atoms with E-state index in [0.717, 1.165) is 27.7 Å². The predicted octanol–water partition coefficient (Wildman–Crippen LogP) is 4.10. The van der Waals surface area contributed by atoms with Gasteiger partial charge in [-0.3, -0.25) is 4.79 Å². The molecule has 0 aliphatic carbocycles. The van der Waals surface area contributed by atoms with Crippen LogP contribution in [-0.4, -0.2) is 25.8 Å². The van der Waals surface area contributed by atoms with Crippen LogP contribution in [0.1, 0.15) is 18.1 Å². The molecule has 1 aliphatic heterocycles. The summed E-state index contributed by atoms with van der Waals surface area (Å²) in [5.41, 5.74) is 3.60. The molecule has 1 amide bonds. The van der Waals surface area contributed by atoms with Crippen molar-refractivity contribution in [1.82, 2.24) is 0 Å². The number of rotatable bonds is 4. The summed E-state index contributed by atoms with van der Waals surface area (Å²) in [6.45, 7) is 2.05. The van der Waals surface area contributed by atoms with E-state index in [1.807, 2.05) is 12.1 Å². The number of aryl methyl sites for hydroxylation is 1. The Kier molecular flexibility index (Phi) is 4.57. The average molecular weight is 389 g/mol. The van der Waals surface area contributed by atoms with Crippen molar-refractivity contribution in [2.45, 2.75) is 13.3 Å². The number of benzene rings is 2. The van der Waals surface area contributed by atoms with E-state index >= 15 is 0 Å². The minimum Gasteiger partial charge on any atom is -0.497 e. The van der Waals surface area contributed by atoms with E-state index in [1.54, 1.807) is 32.4 Å². The molecule has 0 atom stereocenters. The van der Waals surface area contributed by atoms with E-state index in [4.69, 9.17) is 9.47 Å². The molecule has 0 bridgehead atoms. The number of nitrogens with one attached hydrogen (secondary N) is 1. The van der Waals surface area contributed by atoms with E-state index in [9.17, 15) is 4.79 Å². The van der Waals surface area contributed by atoms with Gasteiger partial charge >= 0.3 is 0 Å². The number of nitrogens with zero attached hydrogens (tertiary/aromatic N) is 1. The van der Waals surface area contributed by atoms with Crippen LogP contribution in [0.3, 0.4) is 0 Å². The van der Waals surface area contributed by atoms with Gasteiger partial charge in [0, 0.05) is 16.1 Å². The van der Waals surface area contributed by atoms with Gasteiger partial charge in [-0.05, 0) is 36.2 Å². The maximum Gasteiger partial charge on any atom is 0.275 e. The van der Waals surface area contributed by atoms with Gasteiger partial charge in [-0.25, -0.2) is 4.99 Å². The first-order valence-electron chi connectivity index (χ1n) is 7.52. The number of fused-ring (bicyclic) bond motifs is 1. The van der Waals surface area contributed by atoms with E-state index in [1.165, 1.54) is 0 Å². The summed E-state index contributed by atoms with van der Waals surface area (Å²) in [5.74, 6) is 1.01. The fraction of sp³-hybridized carbons (Fsp3) is 0.222. The summed E-state index contributed by atoms with van der Waals surface area (Å²) in [6, 6.07) is 9.21. The second kappa shape index (κ2) is 6.65. The molecule has 3 rings (SSSR count). The highest BCUT2D eigenvalue weighted by molar-refractivity contribution is 9.10. The van der Waals surface area contributed by atoms with Crippen molar-refractivity contribution in [3.05, 3.63) is 45.9 Å². The van der Waals surface area contributed by atoms with Crippen molar-refractivity contribution in [2.75, 3.05) is 19.5 Å². The number of ether oxygens (including phenoxy) is 2. The number of carbonyl (C=O) groups is 1. The van der Waals surface area contributed by atoms with Crippen LogP contribution in [0.25, 0.3) is 0 Å². The zero-order valence-corrected chi connectivity index (χ0v) is 15.2. The molecule has 0 aromatic heterocycles. The topological polar surface area (TPSA) is 59.9 Å². The number of anilines is 1. The average Bonchev–Trinajstić information content (AvgIpc) is 2.90. The molecule has 0 spiro atoms. The lowest BCUT2D eigenvalue weighted by atomic mass is 10.0. The Labute approximate surface area is 148 Å². The fourth-order valence-electron chi connectivity index (χ4n) is 2.69. The Morgan fingerprint density at radius 3 is 2.62 bits per heavy atom. The van der Waals surface area contributed by atoms with Crippen molar-refractivity contribution in [3.63, 3.8) is 0 Å². The molecule has 0 radical (unpaired) electrons. The van der Waals surface area contributed by atoms with Crippen molar-refractivity contribution in [3.8, 4) is 11.5 Å². The summed E-state index contributed by atoms with van der Waals surface area (Å²) >= 11 is 3.50. The third kappa shape index (κ3) is 2.89. The Morgan fingerprint density at radius 1 is 1.17 bits per heavy atom. The van der Waals surface area contributed by atoms with Gasteiger partial charge < -0.3 is 14.8 Å². The molecule has 0 saturated heterocycles. The molecule has 0 unspecified atom stereocenters. The third-order valence-corrected chi connectivity index (χ3v) is 4.35. The molecule has 0 fully saturated rings. The Bertz CT molecular complexity index is 846. The van der Waals surface area contributed by atoms with Crippen molar-refractivity contribution >= 4 is 38.9 Å². The minimum absolute atomic E-state index is 0.220. The third-order valence-electron chi connectivity index (χ3n) is 3.89. The summed E-state index contributed by atoms with van der Waals surface area (Å²) in [6.07, 6.45) is 0.817. The summed E-state index contributed by atoms with van der Waals surface area (Å²) in [7, 11) is 3.15. The van der Waals surface area contributed by atoms with Crippen LogP contribution in [0.2, 0.25) is 0 Å². The zero-order valence-electron chi connectivity index (χ0n) is 13.6. The highest BCUT2D eigenvalue weighted by Crippen LogP contribution is 2.36. The van der Waals surface area contributed by atoms with Gasteiger partial charge in [0.25, 0.3) is 5.91 Å². The number of carbonyl (C=O) groups excluding carboxylic acids is 1. The minimum atomic E-state index is -0.220. The molecule has 2 aromatic carbocycles. The van der Waals surface area contributed by atoms with Crippen LogP contribution in [0.15, 0.2) is 39.8 Å². The van der Waals surface area contributed by atoms with Gasteiger partial charge in [-0.15, -0.1) is 0 Å². The van der Waals surface area contributed by atoms with Crippen molar-refractivity contribution in [1.29, 1.82) is 0 Å². The standard InChI is InChI=1S/C18H17BrN2O3/c1-4-10-7-11(19)8-13-16(10)21-18(22)17(13)20-14-9-12(23-2)5-6-15(14)24-3/h5-9H,4H2,1-3H3,(H,20,21,22). The van der Waals surface area contributed by atoms with Crippen LogP contribution < -0.4 is 14.8 Å². The first kappa shape index (κ1) is 16.5. The lowest BCUT2D eigenvalue weighted by Crippen LogP contribution is -2.14. The molecule has 1 aliphatic rings. The molecule has 24 heavy (non-hydrogen) atoms. The Hall–Kier alpha value is -2.34. The quantitative estimate of drug-likeness (QED) is 0.857. The maximum absolute atomic E-state index is 12.4. The fourth-order valence-corrected chi connectivity index (χ4v) is 3.19. The lowest BCUT2D eigenvalue weighted by molar-refractivity contribution is -0.110. The molecular formula is C18H17BrN2O3. The first-order chi connectivity index (χ1) is 11.6. The Morgan fingerprint density at radius 2 is 1.96 bits per heavy atom. The molecule has 0 saturated carbocycles. The van der Waals surface area contributed by atoms with Gasteiger partial charge in [0.05, 0.1) is 19.9 Å². The van der Waals surface area contributed by atoms with Gasteiger partial charge in [-0.2, -0.15) is 0 Å². The highest BCUT2D eigenvalue weighted by Gasteiger charge is 2.28. The number of amides is 1. The van der Waals surface area contributed by atoms with Crippen LogP contribution in [-0.2, 0) is 11.2 Å². The molecule has 2 aromatic rings. The normalized spacial score (nSPS) is 14.5. The van der Waals surface area contributed by atoms with Gasteiger partial charge in [0.2, 0.25) is 0 Å².